The van der Waals surface area contributed by atoms with Gasteiger partial charge in [0.25, 0.3) is 5.91 Å². The van der Waals surface area contributed by atoms with E-state index in [9.17, 15) is 4.79 Å². The lowest BCUT2D eigenvalue weighted by atomic mass is 10.1. The van der Waals surface area contributed by atoms with Crippen molar-refractivity contribution < 1.29 is 18.4 Å². The van der Waals surface area contributed by atoms with Crippen LogP contribution >= 0.6 is 0 Å². The van der Waals surface area contributed by atoms with Crippen LogP contribution in [0.3, 0.4) is 0 Å². The number of aryl methyl sites for hydroxylation is 1. The van der Waals surface area contributed by atoms with Crippen LogP contribution in [-0.4, -0.2) is 35.0 Å². The molecule has 1 aliphatic heterocycles. The minimum absolute atomic E-state index is 0.0668. The standard InChI is InChI=1S/C19H20N2O4/c1-13-20-18-16(7-2-8-17(18)25-13)19(22)21(11-14-5-3-9-23-14)12-15-6-4-10-24-15/h2-3,5,7-9,15H,4,6,10-12H2,1H3/t15-/m1/s1. The van der Waals surface area contributed by atoms with E-state index in [4.69, 9.17) is 13.6 Å². The third-order valence-corrected chi connectivity index (χ3v) is 4.42. The van der Waals surface area contributed by atoms with Crippen molar-refractivity contribution in [2.45, 2.75) is 32.4 Å². The molecule has 0 radical (unpaired) electrons. The van der Waals surface area contributed by atoms with Crippen LogP contribution in [0.5, 0.6) is 0 Å². The molecular formula is C19H20N2O4. The first-order valence-electron chi connectivity index (χ1n) is 8.50. The lowest BCUT2D eigenvalue weighted by Gasteiger charge is -2.24. The highest BCUT2D eigenvalue weighted by Crippen LogP contribution is 2.23. The summed E-state index contributed by atoms with van der Waals surface area (Å²) in [5, 5.41) is 0. The first kappa shape index (κ1) is 15.9. The molecule has 130 valence electrons. The number of rotatable bonds is 5. The molecule has 6 nitrogen and oxygen atoms in total. The summed E-state index contributed by atoms with van der Waals surface area (Å²) in [6.45, 7) is 3.47. The minimum Gasteiger partial charge on any atom is -0.467 e. The number of nitrogens with zero attached hydrogens (tertiary/aromatic N) is 2. The molecule has 2 aromatic heterocycles. The van der Waals surface area contributed by atoms with Gasteiger partial charge in [-0.1, -0.05) is 6.07 Å². The molecule has 4 rings (SSSR count). The number of aromatic nitrogens is 1. The van der Waals surface area contributed by atoms with E-state index < -0.39 is 0 Å². The minimum atomic E-state index is -0.0919. The van der Waals surface area contributed by atoms with Crippen LogP contribution < -0.4 is 0 Å². The predicted molar refractivity (Wildman–Crippen MR) is 91.2 cm³/mol. The highest BCUT2D eigenvalue weighted by Gasteiger charge is 2.26. The van der Waals surface area contributed by atoms with Crippen molar-refractivity contribution in [1.29, 1.82) is 0 Å². The van der Waals surface area contributed by atoms with Gasteiger partial charge in [-0.05, 0) is 37.1 Å². The number of para-hydroxylation sites is 1. The number of hydrogen-bond acceptors (Lipinski definition) is 5. The lowest BCUT2D eigenvalue weighted by molar-refractivity contribution is 0.0493. The number of oxazole rings is 1. The van der Waals surface area contributed by atoms with Crippen LogP contribution in [0.15, 0.2) is 45.4 Å². The Morgan fingerprint density at radius 1 is 1.32 bits per heavy atom. The molecule has 1 fully saturated rings. The molecule has 1 aliphatic rings. The monoisotopic (exact) mass is 340 g/mol. The molecule has 0 N–H and O–H groups in total. The van der Waals surface area contributed by atoms with Crippen LogP contribution in [0.2, 0.25) is 0 Å². The molecule has 0 bridgehead atoms. The molecule has 0 saturated carbocycles. The third kappa shape index (κ3) is 3.30. The Hall–Kier alpha value is -2.60. The van der Waals surface area contributed by atoms with Crippen LogP contribution in [0.25, 0.3) is 11.1 Å². The van der Waals surface area contributed by atoms with Gasteiger partial charge in [0.2, 0.25) is 0 Å². The van der Waals surface area contributed by atoms with E-state index in [2.05, 4.69) is 4.98 Å². The summed E-state index contributed by atoms with van der Waals surface area (Å²) in [5.74, 6) is 1.20. The Morgan fingerprint density at radius 2 is 2.24 bits per heavy atom. The summed E-state index contributed by atoms with van der Waals surface area (Å²) in [4.78, 5) is 19.4. The molecule has 1 amide bonds. The van der Waals surface area contributed by atoms with Crippen molar-refractivity contribution >= 4 is 17.0 Å². The van der Waals surface area contributed by atoms with Crippen molar-refractivity contribution in [3.8, 4) is 0 Å². The molecule has 6 heteroatoms. The molecule has 0 unspecified atom stereocenters. The smallest absolute Gasteiger partial charge is 0.256 e. The largest absolute Gasteiger partial charge is 0.467 e. The van der Waals surface area contributed by atoms with Crippen LogP contribution in [-0.2, 0) is 11.3 Å². The summed E-state index contributed by atoms with van der Waals surface area (Å²) in [7, 11) is 0. The number of ether oxygens (including phenoxy) is 1. The Labute approximate surface area is 145 Å². The SMILES string of the molecule is Cc1nc2c(C(=O)N(Cc3ccco3)C[C@H]3CCCO3)cccc2o1. The zero-order valence-electron chi connectivity index (χ0n) is 14.1. The number of hydrogen-bond donors (Lipinski definition) is 0. The summed E-state index contributed by atoms with van der Waals surface area (Å²) in [6.07, 6.45) is 3.68. The van der Waals surface area contributed by atoms with E-state index in [1.807, 2.05) is 24.3 Å². The van der Waals surface area contributed by atoms with Gasteiger partial charge in [-0.2, -0.15) is 0 Å². The maximum atomic E-state index is 13.2. The lowest BCUT2D eigenvalue weighted by Crippen LogP contribution is -2.37. The molecule has 0 aliphatic carbocycles. The van der Waals surface area contributed by atoms with Gasteiger partial charge in [0.1, 0.15) is 11.3 Å². The fourth-order valence-electron chi connectivity index (χ4n) is 3.25. The Kier molecular flexibility index (Phi) is 4.28. The van der Waals surface area contributed by atoms with Gasteiger partial charge in [-0.3, -0.25) is 4.79 Å². The average molecular weight is 340 g/mol. The zero-order chi connectivity index (χ0) is 17.2. The van der Waals surface area contributed by atoms with Crippen molar-refractivity contribution in [3.63, 3.8) is 0 Å². The van der Waals surface area contributed by atoms with Crippen LogP contribution in [0.1, 0.15) is 34.9 Å². The Balaban J connectivity index is 1.65. The normalized spacial score (nSPS) is 17.2. The maximum absolute atomic E-state index is 13.2. The van der Waals surface area contributed by atoms with Gasteiger partial charge in [-0.25, -0.2) is 4.98 Å². The predicted octanol–water partition coefficient (Wildman–Crippen LogP) is 3.55. The van der Waals surface area contributed by atoms with Gasteiger partial charge in [0.15, 0.2) is 11.5 Å². The van der Waals surface area contributed by atoms with Gasteiger partial charge in [0.05, 0.1) is 24.5 Å². The number of furan rings is 1. The highest BCUT2D eigenvalue weighted by atomic mass is 16.5. The van der Waals surface area contributed by atoms with E-state index in [0.717, 1.165) is 25.2 Å². The van der Waals surface area contributed by atoms with E-state index in [1.54, 1.807) is 24.2 Å². The first-order valence-corrected chi connectivity index (χ1v) is 8.50. The number of carbonyl (C=O) groups excluding carboxylic acids is 1. The first-order chi connectivity index (χ1) is 12.2. The molecule has 1 aromatic carbocycles. The second-order valence-electron chi connectivity index (χ2n) is 6.29. The van der Waals surface area contributed by atoms with E-state index >= 15 is 0 Å². The van der Waals surface area contributed by atoms with Crippen molar-refractivity contribution in [2.24, 2.45) is 0 Å². The van der Waals surface area contributed by atoms with Crippen molar-refractivity contribution in [1.82, 2.24) is 9.88 Å². The van der Waals surface area contributed by atoms with Gasteiger partial charge < -0.3 is 18.5 Å². The fourth-order valence-corrected chi connectivity index (χ4v) is 3.25. The zero-order valence-corrected chi connectivity index (χ0v) is 14.1. The third-order valence-electron chi connectivity index (χ3n) is 4.42. The van der Waals surface area contributed by atoms with Crippen LogP contribution in [0, 0.1) is 6.92 Å². The number of benzene rings is 1. The van der Waals surface area contributed by atoms with E-state index in [1.165, 1.54) is 0 Å². The van der Waals surface area contributed by atoms with Crippen molar-refractivity contribution in [3.05, 3.63) is 53.8 Å². The second-order valence-corrected chi connectivity index (χ2v) is 6.29. The Bertz CT molecular complexity index is 863. The average Bonchev–Trinajstić information content (AvgIpc) is 3.34. The van der Waals surface area contributed by atoms with Crippen LogP contribution in [0.4, 0.5) is 0 Å². The molecular weight excluding hydrogens is 320 g/mol. The van der Waals surface area contributed by atoms with E-state index in [-0.39, 0.29) is 12.0 Å². The van der Waals surface area contributed by atoms with Gasteiger partial charge in [-0.15, -0.1) is 0 Å². The topological polar surface area (TPSA) is 68.7 Å². The summed E-state index contributed by atoms with van der Waals surface area (Å²) < 4.78 is 16.7. The summed E-state index contributed by atoms with van der Waals surface area (Å²) >= 11 is 0. The van der Waals surface area contributed by atoms with Crippen molar-refractivity contribution in [2.75, 3.05) is 13.2 Å². The number of carbonyl (C=O) groups is 1. The molecule has 1 atom stereocenters. The second kappa shape index (κ2) is 6.72. The molecule has 25 heavy (non-hydrogen) atoms. The number of fused-ring (bicyclic) bond motifs is 1. The molecule has 0 spiro atoms. The Morgan fingerprint density at radius 3 is 3.00 bits per heavy atom. The number of amides is 1. The molecule has 1 saturated heterocycles. The van der Waals surface area contributed by atoms with Gasteiger partial charge in [0, 0.05) is 20.1 Å². The fraction of sp³-hybridized carbons (Fsp3) is 0.368. The summed E-state index contributed by atoms with van der Waals surface area (Å²) in [5.41, 5.74) is 1.76. The van der Waals surface area contributed by atoms with Gasteiger partial charge >= 0.3 is 0 Å². The van der Waals surface area contributed by atoms with E-state index in [0.29, 0.717) is 35.6 Å². The molecule has 3 heterocycles. The summed E-state index contributed by atoms with van der Waals surface area (Å²) in [6, 6.07) is 9.13. The molecule has 3 aromatic rings. The maximum Gasteiger partial charge on any atom is 0.256 e. The quantitative estimate of drug-likeness (QED) is 0.710. The highest BCUT2D eigenvalue weighted by molar-refractivity contribution is 6.04.